The molecule has 2 unspecified atom stereocenters. The molecule has 0 spiro atoms. The van der Waals surface area contributed by atoms with Crippen LogP contribution in [-0.2, 0) is 0 Å². The van der Waals surface area contributed by atoms with Gasteiger partial charge in [0.15, 0.2) is 0 Å². The van der Waals surface area contributed by atoms with Gasteiger partial charge in [0.05, 0.1) is 4.92 Å². The van der Waals surface area contributed by atoms with Gasteiger partial charge in [0.2, 0.25) is 0 Å². The van der Waals surface area contributed by atoms with Crippen LogP contribution in [0.1, 0.15) is 18.9 Å². The number of anilines is 1. The molecule has 2 N–H and O–H groups in total. The number of hydrogen-bond donors (Lipinski definition) is 1. The topological polar surface area (TPSA) is 72.4 Å². The van der Waals surface area contributed by atoms with Crippen LogP contribution in [0.15, 0.2) is 18.2 Å². The first-order valence-corrected chi connectivity index (χ1v) is 6.24. The summed E-state index contributed by atoms with van der Waals surface area (Å²) in [7, 11) is 0. The molecule has 2 rings (SSSR count). The van der Waals surface area contributed by atoms with Crippen LogP contribution < -0.4 is 10.6 Å². The van der Waals surface area contributed by atoms with E-state index in [9.17, 15) is 10.1 Å². The van der Waals surface area contributed by atoms with Crippen molar-refractivity contribution in [3.05, 3.63) is 33.9 Å². The van der Waals surface area contributed by atoms with Crippen LogP contribution in [0.2, 0.25) is 0 Å². The largest absolute Gasteiger partial charge is 0.371 e. The summed E-state index contributed by atoms with van der Waals surface area (Å²) in [5, 5.41) is 10.9. The first-order chi connectivity index (χ1) is 8.47. The lowest BCUT2D eigenvalue weighted by atomic mass is 10.0. The van der Waals surface area contributed by atoms with Crippen LogP contribution in [0.25, 0.3) is 0 Å². The minimum atomic E-state index is -0.338. The van der Waals surface area contributed by atoms with Crippen LogP contribution in [0.3, 0.4) is 0 Å². The SMILES string of the molecule is Cc1cc(N2CCC(C(C)N)C2)cc([N+](=O)[O-])c1. The maximum atomic E-state index is 10.9. The quantitative estimate of drug-likeness (QED) is 0.657. The van der Waals surface area contributed by atoms with Gasteiger partial charge in [-0.25, -0.2) is 0 Å². The number of nitro benzene ring substituents is 1. The average molecular weight is 249 g/mol. The van der Waals surface area contributed by atoms with Crippen molar-refractivity contribution in [1.29, 1.82) is 0 Å². The van der Waals surface area contributed by atoms with Crippen molar-refractivity contribution >= 4 is 11.4 Å². The Labute approximate surface area is 107 Å². The summed E-state index contributed by atoms with van der Waals surface area (Å²) in [4.78, 5) is 12.7. The van der Waals surface area contributed by atoms with Crippen molar-refractivity contribution in [2.45, 2.75) is 26.3 Å². The highest BCUT2D eigenvalue weighted by Crippen LogP contribution is 2.29. The van der Waals surface area contributed by atoms with Gasteiger partial charge in [-0.2, -0.15) is 0 Å². The van der Waals surface area contributed by atoms with Crippen LogP contribution in [0, 0.1) is 23.0 Å². The van der Waals surface area contributed by atoms with Gasteiger partial charge in [-0.15, -0.1) is 0 Å². The summed E-state index contributed by atoms with van der Waals surface area (Å²) >= 11 is 0. The fourth-order valence-corrected chi connectivity index (χ4v) is 2.48. The average Bonchev–Trinajstić information content (AvgIpc) is 2.77. The number of hydrogen-bond acceptors (Lipinski definition) is 4. The third-order valence-electron chi connectivity index (χ3n) is 3.59. The van der Waals surface area contributed by atoms with Crippen molar-refractivity contribution in [3.8, 4) is 0 Å². The predicted octanol–water partition coefficient (Wildman–Crippen LogP) is 2.08. The van der Waals surface area contributed by atoms with E-state index in [1.165, 1.54) is 0 Å². The molecule has 5 heteroatoms. The van der Waals surface area contributed by atoms with Crippen molar-refractivity contribution in [2.24, 2.45) is 11.7 Å². The Bertz CT molecular complexity index is 460. The zero-order valence-electron chi connectivity index (χ0n) is 10.8. The highest BCUT2D eigenvalue weighted by molar-refractivity contribution is 5.56. The highest BCUT2D eigenvalue weighted by atomic mass is 16.6. The number of nitro groups is 1. The Hall–Kier alpha value is -1.62. The van der Waals surface area contributed by atoms with E-state index >= 15 is 0 Å². The Morgan fingerprint density at radius 3 is 2.78 bits per heavy atom. The van der Waals surface area contributed by atoms with Crippen molar-refractivity contribution in [3.63, 3.8) is 0 Å². The maximum Gasteiger partial charge on any atom is 0.271 e. The Balaban J connectivity index is 2.21. The second-order valence-corrected chi connectivity index (χ2v) is 5.14. The Kier molecular flexibility index (Phi) is 3.52. The lowest BCUT2D eigenvalue weighted by molar-refractivity contribution is -0.384. The summed E-state index contributed by atoms with van der Waals surface area (Å²) in [6.45, 7) is 5.72. The predicted molar refractivity (Wildman–Crippen MR) is 71.8 cm³/mol. The van der Waals surface area contributed by atoms with Crippen molar-refractivity contribution < 1.29 is 4.92 Å². The van der Waals surface area contributed by atoms with E-state index in [0.29, 0.717) is 5.92 Å². The lowest BCUT2D eigenvalue weighted by Gasteiger charge is -2.20. The van der Waals surface area contributed by atoms with E-state index in [0.717, 1.165) is 30.8 Å². The third kappa shape index (κ3) is 2.61. The molecular formula is C13H19N3O2. The minimum absolute atomic E-state index is 0.161. The van der Waals surface area contributed by atoms with E-state index in [-0.39, 0.29) is 16.7 Å². The zero-order chi connectivity index (χ0) is 13.3. The fraction of sp³-hybridized carbons (Fsp3) is 0.538. The number of nitrogens with zero attached hydrogens (tertiary/aromatic N) is 2. The molecule has 0 aromatic heterocycles. The van der Waals surface area contributed by atoms with Gasteiger partial charge in [-0.05, 0) is 37.8 Å². The number of nitrogens with two attached hydrogens (primary N) is 1. The molecule has 1 saturated heterocycles. The van der Waals surface area contributed by atoms with E-state index in [4.69, 9.17) is 5.73 Å². The van der Waals surface area contributed by atoms with E-state index < -0.39 is 0 Å². The number of aryl methyl sites for hydroxylation is 1. The van der Waals surface area contributed by atoms with Gasteiger partial charge in [0.25, 0.3) is 5.69 Å². The molecular weight excluding hydrogens is 230 g/mol. The zero-order valence-corrected chi connectivity index (χ0v) is 10.8. The first kappa shape index (κ1) is 12.8. The molecule has 1 aromatic rings. The minimum Gasteiger partial charge on any atom is -0.371 e. The molecule has 2 atom stereocenters. The second kappa shape index (κ2) is 4.94. The van der Waals surface area contributed by atoms with Crippen LogP contribution in [-0.4, -0.2) is 24.1 Å². The van der Waals surface area contributed by atoms with Crippen LogP contribution in [0.4, 0.5) is 11.4 Å². The smallest absolute Gasteiger partial charge is 0.271 e. The van der Waals surface area contributed by atoms with Crippen molar-refractivity contribution in [2.75, 3.05) is 18.0 Å². The van der Waals surface area contributed by atoms with Crippen LogP contribution in [0.5, 0.6) is 0 Å². The van der Waals surface area contributed by atoms with E-state index in [1.54, 1.807) is 12.1 Å². The van der Waals surface area contributed by atoms with E-state index in [1.807, 2.05) is 19.9 Å². The lowest BCUT2D eigenvalue weighted by Crippen LogP contribution is -2.29. The Morgan fingerprint density at radius 1 is 1.50 bits per heavy atom. The third-order valence-corrected chi connectivity index (χ3v) is 3.59. The van der Waals surface area contributed by atoms with Gasteiger partial charge in [-0.1, -0.05) is 0 Å². The first-order valence-electron chi connectivity index (χ1n) is 6.24. The maximum absolute atomic E-state index is 10.9. The molecule has 0 bridgehead atoms. The Morgan fingerprint density at radius 2 is 2.22 bits per heavy atom. The normalized spacial score (nSPS) is 21.1. The van der Waals surface area contributed by atoms with Crippen molar-refractivity contribution in [1.82, 2.24) is 0 Å². The molecule has 98 valence electrons. The molecule has 1 aliphatic rings. The molecule has 0 aliphatic carbocycles. The molecule has 18 heavy (non-hydrogen) atoms. The fourth-order valence-electron chi connectivity index (χ4n) is 2.48. The summed E-state index contributed by atoms with van der Waals surface area (Å²) in [5.41, 5.74) is 7.93. The van der Waals surface area contributed by atoms with Gasteiger partial charge >= 0.3 is 0 Å². The molecule has 0 amide bonds. The summed E-state index contributed by atoms with van der Waals surface area (Å²) < 4.78 is 0. The van der Waals surface area contributed by atoms with Crippen LogP contribution >= 0.6 is 0 Å². The second-order valence-electron chi connectivity index (χ2n) is 5.14. The molecule has 1 fully saturated rings. The van der Waals surface area contributed by atoms with Gasteiger partial charge in [-0.3, -0.25) is 10.1 Å². The highest BCUT2D eigenvalue weighted by Gasteiger charge is 2.26. The standard InChI is InChI=1S/C13H19N3O2/c1-9-5-12(7-13(6-9)16(17)18)15-4-3-11(8-15)10(2)14/h5-7,10-11H,3-4,8,14H2,1-2H3. The molecule has 1 heterocycles. The molecule has 1 aromatic carbocycles. The number of benzene rings is 1. The number of rotatable bonds is 3. The molecule has 1 aliphatic heterocycles. The summed E-state index contributed by atoms with van der Waals surface area (Å²) in [5.74, 6) is 0.476. The van der Waals surface area contributed by atoms with Gasteiger partial charge in [0.1, 0.15) is 0 Å². The molecule has 0 radical (unpaired) electrons. The monoisotopic (exact) mass is 249 g/mol. The van der Waals surface area contributed by atoms with Gasteiger partial charge < -0.3 is 10.6 Å². The number of non-ortho nitro benzene ring substituents is 1. The summed E-state index contributed by atoms with van der Waals surface area (Å²) in [6, 6.07) is 5.42. The molecule has 0 saturated carbocycles. The van der Waals surface area contributed by atoms with Gasteiger partial charge in [0, 0.05) is 37.0 Å². The molecule has 5 nitrogen and oxygen atoms in total. The summed E-state index contributed by atoms with van der Waals surface area (Å²) in [6.07, 6.45) is 1.05. The van der Waals surface area contributed by atoms with E-state index in [2.05, 4.69) is 4.90 Å².